The third-order valence-corrected chi connectivity index (χ3v) is 9.88. The number of nitrogens with zero attached hydrogens (tertiary/aromatic N) is 4. The van der Waals surface area contributed by atoms with Crippen LogP contribution in [0.25, 0.3) is 0 Å². The van der Waals surface area contributed by atoms with Crippen LogP contribution in [0.2, 0.25) is 5.02 Å². The Balaban J connectivity index is 0.00000323. The molecule has 0 bridgehead atoms. The number of rotatable bonds is 6. The van der Waals surface area contributed by atoms with Gasteiger partial charge in [-0.3, -0.25) is 9.48 Å². The highest BCUT2D eigenvalue weighted by atomic mass is 35.5. The molecule has 7 nitrogen and oxygen atoms in total. The van der Waals surface area contributed by atoms with Gasteiger partial charge in [-0.25, -0.2) is 0 Å². The number of nitrogens with one attached hydrogen (secondary N) is 2. The number of hydrogen-bond donors (Lipinski definition) is 2. The Hall–Kier alpha value is -2.01. The molecular weight excluding hydrogens is 564 g/mol. The van der Waals surface area contributed by atoms with Crippen molar-refractivity contribution in [3.05, 3.63) is 41.2 Å². The number of anilines is 2. The Morgan fingerprint density at radius 1 is 1.10 bits per heavy atom. The zero-order valence-electron chi connectivity index (χ0n) is 22.5. The average Bonchev–Trinajstić information content (AvgIpc) is 3.34. The van der Waals surface area contributed by atoms with Gasteiger partial charge in [-0.1, -0.05) is 11.6 Å². The van der Waals surface area contributed by atoms with Crippen molar-refractivity contribution in [1.82, 2.24) is 20.0 Å². The second kappa shape index (κ2) is 11.3. The number of halogens is 5. The Morgan fingerprint density at radius 2 is 1.80 bits per heavy atom. The summed E-state index contributed by atoms with van der Waals surface area (Å²) in [5, 5.41) is 10.6. The van der Waals surface area contributed by atoms with Crippen molar-refractivity contribution in [2.24, 2.45) is 11.3 Å². The van der Waals surface area contributed by atoms with Crippen molar-refractivity contribution in [2.75, 3.05) is 56.0 Å². The highest BCUT2D eigenvalue weighted by Crippen LogP contribution is 2.42. The van der Waals surface area contributed by atoms with Crippen molar-refractivity contribution in [3.8, 4) is 0 Å². The van der Waals surface area contributed by atoms with Gasteiger partial charge in [0.2, 0.25) is 0 Å². The number of piperidine rings is 2. The zero-order chi connectivity index (χ0) is 27.3. The van der Waals surface area contributed by atoms with Crippen LogP contribution in [0, 0.1) is 11.3 Å². The predicted octanol–water partition coefficient (Wildman–Crippen LogP) is 5.40. The van der Waals surface area contributed by atoms with Gasteiger partial charge in [-0.05, 0) is 87.6 Å². The van der Waals surface area contributed by atoms with E-state index in [4.69, 9.17) is 11.6 Å². The largest absolute Gasteiger partial charge is 0.416 e. The fourth-order valence-corrected chi connectivity index (χ4v) is 6.82. The summed E-state index contributed by atoms with van der Waals surface area (Å²) in [6.45, 7) is 7.95. The second-order valence-corrected chi connectivity index (χ2v) is 12.4. The maximum atomic E-state index is 13.4. The fourth-order valence-electron chi connectivity index (χ4n) is 6.59. The first-order valence-corrected chi connectivity index (χ1v) is 14.5. The molecule has 1 saturated carbocycles. The van der Waals surface area contributed by atoms with Crippen LogP contribution in [0.5, 0.6) is 0 Å². The summed E-state index contributed by atoms with van der Waals surface area (Å²) in [4.78, 5) is 18.4. The quantitative estimate of drug-likeness (QED) is 0.465. The topological polar surface area (TPSA) is 65.4 Å². The molecular formula is C28H37Cl2F3N6O. The lowest BCUT2D eigenvalue weighted by molar-refractivity contribution is -0.137. The van der Waals surface area contributed by atoms with Gasteiger partial charge < -0.3 is 20.4 Å². The molecule has 2 N–H and O–H groups in total. The number of carbonyl (C=O) groups is 1. The molecule has 0 radical (unpaired) electrons. The number of alkyl halides is 3. The minimum Gasteiger partial charge on any atom is -0.369 e. The molecule has 40 heavy (non-hydrogen) atoms. The molecule has 0 unspecified atom stereocenters. The van der Waals surface area contributed by atoms with Gasteiger partial charge in [0.15, 0.2) is 0 Å². The van der Waals surface area contributed by atoms with Crippen LogP contribution in [0.1, 0.15) is 50.5 Å². The Morgan fingerprint density at radius 3 is 2.35 bits per heavy atom. The number of hydrogen-bond acceptors (Lipinski definition) is 5. The third-order valence-electron chi connectivity index (χ3n) is 9.57. The molecule has 6 rings (SSSR count). The van der Waals surface area contributed by atoms with Crippen molar-refractivity contribution in [1.29, 1.82) is 0 Å². The molecule has 2 aromatic rings. The molecule has 4 fully saturated rings. The number of carbonyl (C=O) groups excluding carboxylic acids is 1. The van der Waals surface area contributed by atoms with E-state index in [-0.39, 0.29) is 29.0 Å². The van der Waals surface area contributed by atoms with Crippen LogP contribution in [0.4, 0.5) is 24.5 Å². The summed E-state index contributed by atoms with van der Waals surface area (Å²) in [7, 11) is 0. The first kappa shape index (κ1) is 29.5. The van der Waals surface area contributed by atoms with Crippen molar-refractivity contribution >= 4 is 41.3 Å². The van der Waals surface area contributed by atoms with Gasteiger partial charge in [0.1, 0.15) is 5.54 Å². The molecule has 12 heteroatoms. The summed E-state index contributed by atoms with van der Waals surface area (Å²) in [5.41, 5.74) is 0.0594. The van der Waals surface area contributed by atoms with Crippen LogP contribution in [0.3, 0.4) is 0 Å². The number of likely N-dealkylation sites (tertiary alicyclic amines) is 1. The van der Waals surface area contributed by atoms with E-state index in [1.54, 1.807) is 4.68 Å². The normalized spacial score (nSPS) is 22.8. The molecule has 1 aliphatic carbocycles. The van der Waals surface area contributed by atoms with Gasteiger partial charge in [-0.15, -0.1) is 12.4 Å². The van der Waals surface area contributed by atoms with E-state index in [1.165, 1.54) is 51.6 Å². The van der Waals surface area contributed by atoms with Crippen molar-refractivity contribution in [2.45, 2.75) is 56.7 Å². The van der Waals surface area contributed by atoms with Crippen LogP contribution in [-0.4, -0.2) is 66.4 Å². The predicted molar refractivity (Wildman–Crippen MR) is 152 cm³/mol. The highest BCUT2D eigenvalue weighted by molar-refractivity contribution is 6.33. The fraction of sp³-hybridized carbons (Fsp3) is 0.643. The van der Waals surface area contributed by atoms with Crippen LogP contribution in [-0.2, 0) is 16.5 Å². The van der Waals surface area contributed by atoms with E-state index in [1.807, 2.05) is 12.4 Å². The van der Waals surface area contributed by atoms with E-state index >= 15 is 0 Å². The first-order chi connectivity index (χ1) is 18.7. The number of aromatic nitrogens is 2. The Labute approximate surface area is 244 Å². The van der Waals surface area contributed by atoms with E-state index in [9.17, 15) is 18.0 Å². The van der Waals surface area contributed by atoms with E-state index < -0.39 is 17.3 Å². The van der Waals surface area contributed by atoms with Crippen LogP contribution in [0.15, 0.2) is 30.6 Å². The van der Waals surface area contributed by atoms with E-state index in [0.717, 1.165) is 50.2 Å². The monoisotopic (exact) mass is 600 g/mol. The average molecular weight is 602 g/mol. The van der Waals surface area contributed by atoms with Gasteiger partial charge in [-0.2, -0.15) is 18.3 Å². The summed E-state index contributed by atoms with van der Waals surface area (Å²) < 4.78 is 40.7. The van der Waals surface area contributed by atoms with Gasteiger partial charge in [0, 0.05) is 38.9 Å². The summed E-state index contributed by atoms with van der Waals surface area (Å²) >= 11 is 6.09. The minimum atomic E-state index is -4.49. The second-order valence-electron chi connectivity index (χ2n) is 12.0. The van der Waals surface area contributed by atoms with Gasteiger partial charge >= 0.3 is 6.18 Å². The van der Waals surface area contributed by atoms with Gasteiger partial charge in [0.25, 0.3) is 5.91 Å². The lowest BCUT2D eigenvalue weighted by atomic mass is 9.73. The molecule has 1 aromatic carbocycles. The lowest BCUT2D eigenvalue weighted by Gasteiger charge is -2.49. The standard InChI is InChI=1S/C28H36ClF3N6O.ClH/c29-23-14-21(28(30,31)32)2-3-24(23)35-25(39)27(6-1-7-27)38-17-22(15-34-38)37-10-4-20(5-11-37)16-36-12-8-26(9-13-36)18-33-19-26;/h2-3,14-15,17,20,33H,1,4-13,16,18-19H2,(H,35,39);1H. The number of amides is 1. The zero-order valence-corrected chi connectivity index (χ0v) is 24.1. The first-order valence-electron chi connectivity index (χ1n) is 14.1. The molecule has 1 amide bonds. The maximum absolute atomic E-state index is 13.4. The van der Waals surface area contributed by atoms with Crippen LogP contribution >= 0.6 is 24.0 Å². The maximum Gasteiger partial charge on any atom is 0.416 e. The van der Waals surface area contributed by atoms with Gasteiger partial charge in [0.05, 0.1) is 28.2 Å². The summed E-state index contributed by atoms with van der Waals surface area (Å²) in [6, 6.07) is 2.98. The van der Waals surface area contributed by atoms with Crippen molar-refractivity contribution in [3.63, 3.8) is 0 Å². The molecule has 220 valence electrons. The van der Waals surface area contributed by atoms with Crippen molar-refractivity contribution < 1.29 is 18.0 Å². The Bertz CT molecular complexity index is 1190. The lowest BCUT2D eigenvalue weighted by Crippen LogP contribution is -2.58. The molecule has 3 aliphatic heterocycles. The SMILES string of the molecule is Cl.O=C(Nc1ccc(C(F)(F)F)cc1Cl)C1(n2cc(N3CCC(CN4CCC5(CC4)CNC5)CC3)cn2)CCC1. The summed E-state index contributed by atoms with van der Waals surface area (Å²) in [5.74, 6) is 0.409. The molecule has 0 atom stereocenters. The molecule has 4 aliphatic rings. The minimum absolute atomic E-state index is 0. The molecule has 4 heterocycles. The molecule has 1 aromatic heterocycles. The summed E-state index contributed by atoms with van der Waals surface area (Å²) in [6.07, 6.45) is 6.32. The van der Waals surface area contributed by atoms with E-state index in [0.29, 0.717) is 24.2 Å². The van der Waals surface area contributed by atoms with Crippen LogP contribution < -0.4 is 15.5 Å². The van der Waals surface area contributed by atoms with E-state index in [2.05, 4.69) is 25.5 Å². The smallest absolute Gasteiger partial charge is 0.369 e. The molecule has 1 spiro atoms. The Kier molecular flexibility index (Phi) is 8.36. The molecule has 3 saturated heterocycles. The highest BCUT2D eigenvalue weighted by Gasteiger charge is 2.47. The third kappa shape index (κ3) is 5.69. The number of benzene rings is 1.